The summed E-state index contributed by atoms with van der Waals surface area (Å²) in [7, 11) is 0. The van der Waals surface area contributed by atoms with E-state index < -0.39 is 24.2 Å². The average Bonchev–Trinajstić information content (AvgIpc) is 3.50. The van der Waals surface area contributed by atoms with E-state index in [1.165, 1.54) is 4.90 Å². The summed E-state index contributed by atoms with van der Waals surface area (Å²) in [6.07, 6.45) is 0.896. The van der Waals surface area contributed by atoms with Crippen LogP contribution in [0.2, 0.25) is 0 Å². The van der Waals surface area contributed by atoms with Crippen LogP contribution in [-0.2, 0) is 20.8 Å². The summed E-state index contributed by atoms with van der Waals surface area (Å²) in [5.74, 6) is -1.62. The number of hydrogen-bond donors (Lipinski definition) is 2. The van der Waals surface area contributed by atoms with Gasteiger partial charge in [0, 0.05) is 18.5 Å². The summed E-state index contributed by atoms with van der Waals surface area (Å²) in [5.41, 5.74) is 2.09. The van der Waals surface area contributed by atoms with E-state index in [4.69, 9.17) is 4.84 Å². The van der Waals surface area contributed by atoms with Crippen molar-refractivity contribution in [2.45, 2.75) is 43.9 Å². The SMILES string of the molecule is O=C(N[C@@H](Cc1ccccc1)C1=NO[C@@H](C(=O)N2CCC[C@H]2C(=O)O)C1)c1ccccc1. The Morgan fingerprint density at radius 2 is 1.78 bits per heavy atom. The Kier molecular flexibility index (Phi) is 6.49. The molecule has 0 spiro atoms. The third kappa shape index (κ3) is 4.80. The van der Waals surface area contributed by atoms with E-state index in [1.54, 1.807) is 24.3 Å². The molecule has 0 saturated carbocycles. The van der Waals surface area contributed by atoms with Crippen molar-refractivity contribution in [1.29, 1.82) is 0 Å². The highest BCUT2D eigenvalue weighted by atomic mass is 16.6. The molecule has 2 N–H and O–H groups in total. The van der Waals surface area contributed by atoms with Crippen molar-refractivity contribution >= 4 is 23.5 Å². The second kappa shape index (κ2) is 9.64. The van der Waals surface area contributed by atoms with Crippen LogP contribution in [0.3, 0.4) is 0 Å². The minimum atomic E-state index is -1.01. The molecule has 0 bridgehead atoms. The minimum absolute atomic E-state index is 0.203. The fourth-order valence-corrected chi connectivity index (χ4v) is 4.14. The average molecular weight is 435 g/mol. The number of benzene rings is 2. The monoisotopic (exact) mass is 435 g/mol. The maximum absolute atomic E-state index is 12.9. The van der Waals surface area contributed by atoms with Crippen molar-refractivity contribution in [1.82, 2.24) is 10.2 Å². The number of hydrogen-bond acceptors (Lipinski definition) is 5. The number of likely N-dealkylation sites (tertiary alicyclic amines) is 1. The van der Waals surface area contributed by atoms with Crippen LogP contribution in [0, 0.1) is 0 Å². The van der Waals surface area contributed by atoms with Crippen molar-refractivity contribution in [3.63, 3.8) is 0 Å². The van der Waals surface area contributed by atoms with Gasteiger partial charge in [0.2, 0.25) is 6.10 Å². The molecule has 2 aromatic rings. The lowest BCUT2D eigenvalue weighted by atomic mass is 9.97. The molecule has 1 fully saturated rings. The first-order valence-corrected chi connectivity index (χ1v) is 10.7. The van der Waals surface area contributed by atoms with Crippen molar-refractivity contribution < 1.29 is 24.3 Å². The molecule has 4 rings (SSSR count). The molecule has 166 valence electrons. The standard InChI is InChI=1S/C24H25N3O5/c28-22(17-10-5-2-6-11-17)25-18(14-16-8-3-1-4-9-16)19-15-21(32-26-19)23(29)27-13-7-12-20(27)24(30)31/h1-6,8-11,18,20-21H,7,12-15H2,(H,25,28)(H,30,31)/t18-,20-,21+/m0/s1. The van der Waals surface area contributed by atoms with Gasteiger partial charge in [-0.15, -0.1) is 0 Å². The van der Waals surface area contributed by atoms with E-state index >= 15 is 0 Å². The molecule has 0 unspecified atom stereocenters. The van der Waals surface area contributed by atoms with Crippen molar-refractivity contribution in [3.8, 4) is 0 Å². The molecule has 2 aromatic carbocycles. The van der Waals surface area contributed by atoms with Crippen LogP contribution >= 0.6 is 0 Å². The van der Waals surface area contributed by atoms with Crippen molar-refractivity contribution in [2.24, 2.45) is 5.16 Å². The summed E-state index contributed by atoms with van der Waals surface area (Å²) in [5, 5.41) is 16.5. The lowest BCUT2D eigenvalue weighted by Crippen LogP contribution is -2.46. The maximum atomic E-state index is 12.9. The predicted molar refractivity (Wildman–Crippen MR) is 117 cm³/mol. The zero-order chi connectivity index (χ0) is 22.5. The summed E-state index contributed by atoms with van der Waals surface area (Å²) in [6.45, 7) is 0.392. The highest BCUT2D eigenvalue weighted by Gasteiger charge is 2.41. The maximum Gasteiger partial charge on any atom is 0.326 e. The van der Waals surface area contributed by atoms with Gasteiger partial charge in [-0.2, -0.15) is 0 Å². The molecule has 0 radical (unpaired) electrons. The Labute approximate surface area is 185 Å². The predicted octanol–water partition coefficient (Wildman–Crippen LogP) is 2.25. The normalized spacial score (nSPS) is 20.9. The van der Waals surface area contributed by atoms with Crippen LogP contribution in [0.15, 0.2) is 65.8 Å². The molecule has 8 heteroatoms. The summed E-state index contributed by atoms with van der Waals surface area (Å²) < 4.78 is 0. The molecule has 0 aromatic heterocycles. The quantitative estimate of drug-likeness (QED) is 0.694. The second-order valence-corrected chi connectivity index (χ2v) is 7.99. The van der Waals surface area contributed by atoms with Gasteiger partial charge in [0.1, 0.15) is 6.04 Å². The van der Waals surface area contributed by atoms with E-state index in [1.807, 2.05) is 36.4 Å². The molecule has 2 aliphatic heterocycles. The zero-order valence-corrected chi connectivity index (χ0v) is 17.5. The number of nitrogens with zero attached hydrogens (tertiary/aromatic N) is 2. The van der Waals surface area contributed by atoms with Gasteiger partial charge in [-0.25, -0.2) is 4.79 Å². The van der Waals surface area contributed by atoms with Gasteiger partial charge in [-0.3, -0.25) is 9.59 Å². The number of carboxylic acid groups (broad SMARTS) is 1. The summed E-state index contributed by atoms with van der Waals surface area (Å²) in [4.78, 5) is 43.9. The number of rotatable bonds is 7. The number of nitrogens with one attached hydrogen (secondary N) is 1. The first-order chi connectivity index (χ1) is 15.5. The molecule has 0 aliphatic carbocycles. The highest BCUT2D eigenvalue weighted by Crippen LogP contribution is 2.23. The van der Waals surface area contributed by atoms with Gasteiger partial charge in [-0.05, 0) is 37.0 Å². The third-order valence-electron chi connectivity index (χ3n) is 5.81. The summed E-state index contributed by atoms with van der Waals surface area (Å²) in [6, 6.07) is 17.3. The molecular weight excluding hydrogens is 410 g/mol. The fraction of sp³-hybridized carbons (Fsp3) is 0.333. The van der Waals surface area contributed by atoms with Gasteiger partial charge in [0.25, 0.3) is 11.8 Å². The van der Waals surface area contributed by atoms with Crippen LogP contribution in [0.25, 0.3) is 0 Å². The van der Waals surface area contributed by atoms with Crippen molar-refractivity contribution in [3.05, 3.63) is 71.8 Å². The molecule has 1 saturated heterocycles. The summed E-state index contributed by atoms with van der Waals surface area (Å²) >= 11 is 0. The van der Waals surface area contributed by atoms with Crippen LogP contribution in [0.5, 0.6) is 0 Å². The Morgan fingerprint density at radius 3 is 2.47 bits per heavy atom. The van der Waals surface area contributed by atoms with Crippen molar-refractivity contribution in [2.75, 3.05) is 6.54 Å². The lowest BCUT2D eigenvalue weighted by Gasteiger charge is -2.23. The second-order valence-electron chi connectivity index (χ2n) is 7.99. The third-order valence-corrected chi connectivity index (χ3v) is 5.81. The van der Waals surface area contributed by atoms with Gasteiger partial charge in [0.15, 0.2) is 0 Å². The minimum Gasteiger partial charge on any atom is -0.480 e. The van der Waals surface area contributed by atoms with E-state index in [0.29, 0.717) is 37.1 Å². The number of carbonyl (C=O) groups excluding carboxylic acids is 2. The highest BCUT2D eigenvalue weighted by molar-refractivity contribution is 6.01. The van der Waals surface area contributed by atoms with Gasteiger partial charge < -0.3 is 20.2 Å². The number of carbonyl (C=O) groups is 3. The fourth-order valence-electron chi connectivity index (χ4n) is 4.14. The van der Waals surface area contributed by atoms with Crippen LogP contribution < -0.4 is 5.32 Å². The van der Waals surface area contributed by atoms with E-state index in [-0.39, 0.29) is 18.2 Å². The largest absolute Gasteiger partial charge is 0.480 e. The Morgan fingerprint density at radius 1 is 1.09 bits per heavy atom. The first kappa shape index (κ1) is 21.5. The first-order valence-electron chi connectivity index (χ1n) is 10.7. The smallest absolute Gasteiger partial charge is 0.326 e. The van der Waals surface area contributed by atoms with E-state index in [9.17, 15) is 19.5 Å². The molecular formula is C24H25N3O5. The Hall–Kier alpha value is -3.68. The number of oxime groups is 1. The van der Waals surface area contributed by atoms with Gasteiger partial charge in [-0.1, -0.05) is 53.7 Å². The van der Waals surface area contributed by atoms with Crippen LogP contribution in [-0.4, -0.2) is 58.2 Å². The Balaban J connectivity index is 1.48. The number of amides is 2. The topological polar surface area (TPSA) is 108 Å². The molecule has 32 heavy (non-hydrogen) atoms. The number of carboxylic acids is 1. The van der Waals surface area contributed by atoms with Crippen LogP contribution in [0.4, 0.5) is 0 Å². The molecule has 2 heterocycles. The van der Waals surface area contributed by atoms with E-state index in [0.717, 1.165) is 5.56 Å². The van der Waals surface area contributed by atoms with E-state index in [2.05, 4.69) is 10.5 Å². The molecule has 8 nitrogen and oxygen atoms in total. The molecule has 2 aliphatic rings. The van der Waals surface area contributed by atoms with Crippen LogP contribution in [0.1, 0.15) is 35.2 Å². The van der Waals surface area contributed by atoms with Gasteiger partial charge in [0.05, 0.1) is 11.8 Å². The zero-order valence-electron chi connectivity index (χ0n) is 17.5. The molecule has 2 amide bonds. The Bertz CT molecular complexity index is 1010. The van der Waals surface area contributed by atoms with Gasteiger partial charge >= 0.3 is 5.97 Å². The molecule has 3 atom stereocenters. The lowest BCUT2D eigenvalue weighted by molar-refractivity contribution is -0.153. The number of aliphatic carboxylic acids is 1.